The number of nitrogens with zero attached hydrogens (tertiary/aromatic N) is 1. The summed E-state index contributed by atoms with van der Waals surface area (Å²) in [7, 11) is 0. The lowest BCUT2D eigenvalue weighted by molar-refractivity contribution is -0.129. The normalized spacial score (nSPS) is 30.1. The average Bonchev–Trinajstić information content (AvgIpc) is 2.88. The summed E-state index contributed by atoms with van der Waals surface area (Å²) in [5, 5.41) is 0. The van der Waals surface area contributed by atoms with Crippen LogP contribution in [0.1, 0.15) is 40.0 Å². The van der Waals surface area contributed by atoms with Gasteiger partial charge in [0, 0.05) is 19.0 Å². The van der Waals surface area contributed by atoms with Crippen LogP contribution in [-0.4, -0.2) is 23.4 Å². The molecule has 2 fully saturated rings. The lowest BCUT2D eigenvalue weighted by Crippen LogP contribution is -2.36. The number of amides is 1. The Bertz CT molecular complexity index is 232. The fraction of sp³-hybridized carbons (Fsp3) is 0.917. The molecule has 1 heterocycles. The fourth-order valence-corrected chi connectivity index (χ4v) is 2.43. The molecule has 0 bridgehead atoms. The quantitative estimate of drug-likeness (QED) is 0.676. The van der Waals surface area contributed by atoms with Gasteiger partial charge in [0.05, 0.1) is 0 Å². The molecule has 1 amide bonds. The summed E-state index contributed by atoms with van der Waals surface area (Å²) in [5.41, 5.74) is 0. The summed E-state index contributed by atoms with van der Waals surface area (Å²) in [6.45, 7) is 7.68. The molecule has 1 aliphatic heterocycles. The first-order valence-corrected chi connectivity index (χ1v) is 5.89. The molecule has 2 aliphatic rings. The molecule has 0 aromatic heterocycles. The SMILES string of the molecule is CC(C)C1CC(=O)N([C@@H](C)C2CC2)C1. The topological polar surface area (TPSA) is 20.3 Å². The van der Waals surface area contributed by atoms with Gasteiger partial charge in [-0.15, -0.1) is 0 Å². The summed E-state index contributed by atoms with van der Waals surface area (Å²) in [5.74, 6) is 2.45. The predicted molar refractivity (Wildman–Crippen MR) is 56.8 cm³/mol. The van der Waals surface area contributed by atoms with Crippen LogP contribution in [0.3, 0.4) is 0 Å². The van der Waals surface area contributed by atoms with Gasteiger partial charge >= 0.3 is 0 Å². The molecule has 2 rings (SSSR count). The van der Waals surface area contributed by atoms with E-state index < -0.39 is 0 Å². The van der Waals surface area contributed by atoms with Crippen LogP contribution in [0.5, 0.6) is 0 Å². The third-order valence-corrected chi connectivity index (χ3v) is 3.93. The molecule has 0 aromatic carbocycles. The van der Waals surface area contributed by atoms with Gasteiger partial charge in [0.25, 0.3) is 0 Å². The van der Waals surface area contributed by atoms with Crippen LogP contribution in [-0.2, 0) is 4.79 Å². The van der Waals surface area contributed by atoms with Crippen LogP contribution in [0.25, 0.3) is 0 Å². The second-order valence-corrected chi connectivity index (χ2v) is 5.33. The Morgan fingerprint density at radius 3 is 2.29 bits per heavy atom. The van der Waals surface area contributed by atoms with Crippen molar-refractivity contribution < 1.29 is 4.79 Å². The summed E-state index contributed by atoms with van der Waals surface area (Å²) < 4.78 is 0. The van der Waals surface area contributed by atoms with Crippen LogP contribution in [0, 0.1) is 17.8 Å². The van der Waals surface area contributed by atoms with Crippen LogP contribution < -0.4 is 0 Å². The van der Waals surface area contributed by atoms with E-state index in [2.05, 4.69) is 25.7 Å². The third kappa shape index (κ3) is 1.79. The van der Waals surface area contributed by atoms with Crippen molar-refractivity contribution >= 4 is 5.91 Å². The fourth-order valence-electron chi connectivity index (χ4n) is 2.43. The highest BCUT2D eigenvalue weighted by molar-refractivity contribution is 5.79. The largest absolute Gasteiger partial charge is 0.339 e. The van der Waals surface area contributed by atoms with Gasteiger partial charge in [-0.25, -0.2) is 0 Å². The predicted octanol–water partition coefficient (Wildman–Crippen LogP) is 2.29. The third-order valence-electron chi connectivity index (χ3n) is 3.93. The summed E-state index contributed by atoms with van der Waals surface area (Å²) in [6.07, 6.45) is 3.45. The Morgan fingerprint density at radius 1 is 1.21 bits per heavy atom. The van der Waals surface area contributed by atoms with Crippen molar-refractivity contribution in [3.05, 3.63) is 0 Å². The van der Waals surface area contributed by atoms with Crippen molar-refractivity contribution in [1.29, 1.82) is 0 Å². The summed E-state index contributed by atoms with van der Waals surface area (Å²) in [6, 6.07) is 0.506. The first-order valence-electron chi connectivity index (χ1n) is 5.89. The van der Waals surface area contributed by atoms with Crippen molar-refractivity contribution in [2.75, 3.05) is 6.54 Å². The lowest BCUT2D eigenvalue weighted by Gasteiger charge is -2.25. The minimum absolute atomic E-state index is 0.392. The Morgan fingerprint density at radius 2 is 1.86 bits per heavy atom. The zero-order chi connectivity index (χ0) is 10.3. The van der Waals surface area contributed by atoms with Crippen LogP contribution in [0.15, 0.2) is 0 Å². The van der Waals surface area contributed by atoms with Gasteiger partial charge in [-0.3, -0.25) is 4.79 Å². The van der Waals surface area contributed by atoms with E-state index in [1.165, 1.54) is 12.8 Å². The first-order chi connectivity index (χ1) is 6.59. The number of hydrogen-bond donors (Lipinski definition) is 0. The van der Waals surface area contributed by atoms with Gasteiger partial charge in [0.2, 0.25) is 5.91 Å². The van der Waals surface area contributed by atoms with Crippen molar-refractivity contribution in [2.24, 2.45) is 17.8 Å². The summed E-state index contributed by atoms with van der Waals surface area (Å²) >= 11 is 0. The van der Waals surface area contributed by atoms with Crippen molar-refractivity contribution in [2.45, 2.75) is 46.1 Å². The van der Waals surface area contributed by atoms with Gasteiger partial charge in [0.15, 0.2) is 0 Å². The number of hydrogen-bond acceptors (Lipinski definition) is 1. The second-order valence-electron chi connectivity index (χ2n) is 5.33. The van der Waals surface area contributed by atoms with Gasteiger partial charge in [-0.05, 0) is 37.5 Å². The van der Waals surface area contributed by atoms with E-state index in [1.807, 2.05) is 0 Å². The maximum Gasteiger partial charge on any atom is 0.223 e. The molecule has 1 saturated heterocycles. The standard InChI is InChI=1S/C12H21NO/c1-8(2)11-6-12(14)13(7-11)9(3)10-4-5-10/h8-11H,4-7H2,1-3H3/t9-,11?/m0/s1. The van der Waals surface area contributed by atoms with Gasteiger partial charge in [-0.2, -0.15) is 0 Å². The number of likely N-dealkylation sites (tertiary alicyclic amines) is 1. The molecule has 2 atom stereocenters. The van der Waals surface area contributed by atoms with Crippen molar-refractivity contribution in [3.8, 4) is 0 Å². The maximum absolute atomic E-state index is 11.8. The Hall–Kier alpha value is -0.530. The van der Waals surface area contributed by atoms with Gasteiger partial charge in [0.1, 0.15) is 0 Å². The molecular weight excluding hydrogens is 174 g/mol. The molecule has 1 unspecified atom stereocenters. The maximum atomic E-state index is 11.8. The van der Waals surface area contributed by atoms with Crippen LogP contribution in [0.2, 0.25) is 0 Å². The van der Waals surface area contributed by atoms with E-state index in [0.717, 1.165) is 18.9 Å². The number of carbonyl (C=O) groups is 1. The van der Waals surface area contributed by atoms with E-state index in [4.69, 9.17) is 0 Å². The zero-order valence-corrected chi connectivity index (χ0v) is 9.49. The van der Waals surface area contributed by atoms with Crippen molar-refractivity contribution in [3.63, 3.8) is 0 Å². The minimum atomic E-state index is 0.392. The Labute approximate surface area is 86.7 Å². The number of rotatable bonds is 3. The van der Waals surface area contributed by atoms with Crippen molar-refractivity contribution in [1.82, 2.24) is 4.90 Å². The van der Waals surface area contributed by atoms with E-state index in [9.17, 15) is 4.79 Å². The molecule has 0 N–H and O–H groups in total. The smallest absolute Gasteiger partial charge is 0.223 e. The van der Waals surface area contributed by atoms with Gasteiger partial charge < -0.3 is 4.90 Å². The number of carbonyl (C=O) groups excluding carboxylic acids is 1. The molecule has 1 aliphatic carbocycles. The molecule has 80 valence electrons. The molecule has 0 radical (unpaired) electrons. The molecule has 2 nitrogen and oxygen atoms in total. The monoisotopic (exact) mass is 195 g/mol. The molecule has 2 heteroatoms. The Kier molecular flexibility index (Phi) is 2.54. The van der Waals surface area contributed by atoms with Crippen LogP contribution >= 0.6 is 0 Å². The van der Waals surface area contributed by atoms with E-state index in [1.54, 1.807) is 0 Å². The van der Waals surface area contributed by atoms with Crippen LogP contribution in [0.4, 0.5) is 0 Å². The molecule has 0 aromatic rings. The van der Waals surface area contributed by atoms with E-state index >= 15 is 0 Å². The van der Waals surface area contributed by atoms with E-state index in [-0.39, 0.29) is 0 Å². The highest BCUT2D eigenvalue weighted by atomic mass is 16.2. The highest BCUT2D eigenvalue weighted by Crippen LogP contribution is 2.38. The van der Waals surface area contributed by atoms with E-state index in [0.29, 0.717) is 23.8 Å². The molecular formula is C12H21NO. The molecule has 14 heavy (non-hydrogen) atoms. The second kappa shape index (κ2) is 3.56. The summed E-state index contributed by atoms with van der Waals surface area (Å²) in [4.78, 5) is 13.9. The Balaban J connectivity index is 1.96. The highest BCUT2D eigenvalue weighted by Gasteiger charge is 2.39. The lowest BCUT2D eigenvalue weighted by atomic mass is 9.95. The average molecular weight is 195 g/mol. The molecule has 1 saturated carbocycles. The zero-order valence-electron chi connectivity index (χ0n) is 9.49. The molecule has 0 spiro atoms. The first kappa shape index (κ1) is 10.0. The van der Waals surface area contributed by atoms with Gasteiger partial charge in [-0.1, -0.05) is 13.8 Å². The minimum Gasteiger partial charge on any atom is -0.339 e.